The summed E-state index contributed by atoms with van der Waals surface area (Å²) in [6.45, 7) is 2.24. The van der Waals surface area contributed by atoms with Crippen LogP contribution in [0.4, 0.5) is 5.82 Å². The van der Waals surface area contributed by atoms with E-state index in [9.17, 15) is 0 Å². The zero-order valence-corrected chi connectivity index (χ0v) is 9.48. The molecule has 1 aliphatic heterocycles. The first-order valence-corrected chi connectivity index (χ1v) is 6.02. The molecule has 0 radical (unpaired) electrons. The minimum absolute atomic E-state index is 0.488. The van der Waals surface area contributed by atoms with Crippen molar-refractivity contribution in [1.82, 2.24) is 9.97 Å². The van der Waals surface area contributed by atoms with Crippen molar-refractivity contribution in [3.8, 4) is 0 Å². The van der Waals surface area contributed by atoms with Crippen LogP contribution in [0.2, 0.25) is 5.02 Å². The highest BCUT2D eigenvalue weighted by atomic mass is 35.5. The number of hydrogen-bond acceptors (Lipinski definition) is 4. The molecule has 1 fully saturated rings. The number of anilines is 1. The molecule has 1 N–H and O–H groups in total. The largest absolute Gasteiger partial charge is 0.365 e. The van der Waals surface area contributed by atoms with Gasteiger partial charge in [-0.1, -0.05) is 18.5 Å². The van der Waals surface area contributed by atoms with Crippen LogP contribution in [0.15, 0.2) is 12.5 Å². The van der Waals surface area contributed by atoms with Crippen molar-refractivity contribution in [3.05, 3.63) is 17.5 Å². The summed E-state index contributed by atoms with van der Waals surface area (Å²) in [6, 6.07) is 0.488. The maximum Gasteiger partial charge on any atom is 0.148 e. The Bertz CT molecular complexity index is 321. The summed E-state index contributed by atoms with van der Waals surface area (Å²) in [4.78, 5) is 7.95. The summed E-state index contributed by atoms with van der Waals surface area (Å²) in [5, 5.41) is 4.66. The first-order valence-electron chi connectivity index (χ1n) is 4.59. The van der Waals surface area contributed by atoms with Crippen molar-refractivity contribution in [2.24, 2.45) is 0 Å². The van der Waals surface area contributed by atoms with Crippen LogP contribution in [0.3, 0.4) is 0 Å². The van der Waals surface area contributed by atoms with Crippen molar-refractivity contribution < 1.29 is 0 Å². The normalized spacial score (nSPS) is 26.4. The molecule has 2 heterocycles. The molecule has 5 heteroatoms. The maximum absolute atomic E-state index is 5.94. The molecule has 2 unspecified atom stereocenters. The van der Waals surface area contributed by atoms with Gasteiger partial charge in [0.15, 0.2) is 0 Å². The second-order valence-corrected chi connectivity index (χ2v) is 5.32. The summed E-state index contributed by atoms with van der Waals surface area (Å²) in [5.41, 5.74) is 0. The second kappa shape index (κ2) is 4.36. The monoisotopic (exact) mass is 229 g/mol. The Morgan fingerprint density at radius 2 is 2.50 bits per heavy atom. The molecule has 1 aliphatic rings. The molecular formula is C9H12ClN3S. The fourth-order valence-corrected chi connectivity index (χ4v) is 2.84. The van der Waals surface area contributed by atoms with Gasteiger partial charge in [-0.2, -0.15) is 11.8 Å². The minimum Gasteiger partial charge on any atom is -0.365 e. The smallest absolute Gasteiger partial charge is 0.148 e. The Hall–Kier alpha value is -0.480. The molecule has 1 saturated heterocycles. The molecule has 3 nitrogen and oxygen atoms in total. The van der Waals surface area contributed by atoms with Crippen LogP contribution in [0, 0.1) is 0 Å². The van der Waals surface area contributed by atoms with Crippen LogP contribution in [0.25, 0.3) is 0 Å². The quantitative estimate of drug-likeness (QED) is 0.846. The van der Waals surface area contributed by atoms with E-state index in [-0.39, 0.29) is 0 Å². The van der Waals surface area contributed by atoms with Gasteiger partial charge >= 0.3 is 0 Å². The van der Waals surface area contributed by atoms with Crippen molar-refractivity contribution in [3.63, 3.8) is 0 Å². The Morgan fingerprint density at radius 1 is 1.64 bits per heavy atom. The average Bonchev–Trinajstić information content (AvgIpc) is 2.56. The van der Waals surface area contributed by atoms with Crippen LogP contribution >= 0.6 is 23.4 Å². The van der Waals surface area contributed by atoms with Gasteiger partial charge in [0.2, 0.25) is 0 Å². The molecule has 0 saturated carbocycles. The fourth-order valence-electron chi connectivity index (χ4n) is 1.53. The van der Waals surface area contributed by atoms with Gasteiger partial charge in [0.25, 0.3) is 0 Å². The van der Waals surface area contributed by atoms with Crippen LogP contribution in [0.5, 0.6) is 0 Å². The van der Waals surface area contributed by atoms with E-state index in [0.717, 1.165) is 16.8 Å². The third-order valence-corrected chi connectivity index (χ3v) is 3.84. The fraction of sp³-hybridized carbons (Fsp3) is 0.556. The minimum atomic E-state index is 0.488. The Kier molecular flexibility index (Phi) is 3.13. The van der Waals surface area contributed by atoms with E-state index in [2.05, 4.69) is 22.2 Å². The highest BCUT2D eigenvalue weighted by molar-refractivity contribution is 8.00. The summed E-state index contributed by atoms with van der Waals surface area (Å²) in [7, 11) is 0. The lowest BCUT2D eigenvalue weighted by atomic mass is 10.2. The Morgan fingerprint density at radius 3 is 3.14 bits per heavy atom. The first-order chi connectivity index (χ1) is 6.75. The van der Waals surface area contributed by atoms with Crippen LogP contribution in [0.1, 0.15) is 13.3 Å². The zero-order valence-electron chi connectivity index (χ0n) is 7.90. The van der Waals surface area contributed by atoms with Crippen molar-refractivity contribution in [2.45, 2.75) is 24.6 Å². The van der Waals surface area contributed by atoms with Crippen LogP contribution < -0.4 is 5.32 Å². The maximum atomic E-state index is 5.94. The molecule has 2 rings (SSSR count). The summed E-state index contributed by atoms with van der Waals surface area (Å²) in [5.74, 6) is 1.88. The van der Waals surface area contributed by atoms with E-state index in [1.165, 1.54) is 12.7 Å². The molecule has 1 aromatic heterocycles. The lowest BCUT2D eigenvalue weighted by Crippen LogP contribution is -2.19. The zero-order chi connectivity index (χ0) is 9.97. The van der Waals surface area contributed by atoms with E-state index in [0.29, 0.717) is 11.1 Å². The van der Waals surface area contributed by atoms with Gasteiger partial charge in [0, 0.05) is 17.0 Å². The number of nitrogens with zero attached hydrogens (tertiary/aromatic N) is 2. The predicted molar refractivity (Wildman–Crippen MR) is 61.0 cm³/mol. The van der Waals surface area contributed by atoms with Gasteiger partial charge in [-0.15, -0.1) is 0 Å². The number of rotatable bonds is 2. The molecule has 14 heavy (non-hydrogen) atoms. The van der Waals surface area contributed by atoms with E-state index < -0.39 is 0 Å². The van der Waals surface area contributed by atoms with E-state index in [1.807, 2.05) is 11.8 Å². The predicted octanol–water partition coefficient (Wildman–Crippen LogP) is 2.44. The van der Waals surface area contributed by atoms with Gasteiger partial charge in [-0.05, 0) is 6.42 Å². The first kappa shape index (κ1) is 10.1. The third kappa shape index (κ3) is 2.30. The van der Waals surface area contributed by atoms with Gasteiger partial charge in [0.05, 0.1) is 6.20 Å². The average molecular weight is 230 g/mol. The third-order valence-electron chi connectivity index (χ3n) is 2.21. The topological polar surface area (TPSA) is 37.8 Å². The molecular weight excluding hydrogens is 218 g/mol. The summed E-state index contributed by atoms with van der Waals surface area (Å²) < 4.78 is 0. The van der Waals surface area contributed by atoms with E-state index in [1.54, 1.807) is 6.20 Å². The van der Waals surface area contributed by atoms with Crippen molar-refractivity contribution >= 4 is 29.2 Å². The second-order valence-electron chi connectivity index (χ2n) is 3.44. The van der Waals surface area contributed by atoms with Crippen LogP contribution in [-0.4, -0.2) is 27.0 Å². The number of aromatic nitrogens is 2. The molecule has 0 bridgehead atoms. The standard InChI is InChI=1S/C9H12ClN3S/c1-6-2-7(4-14-6)13-9-8(10)3-11-5-12-9/h3,5-7H,2,4H2,1H3,(H,11,12,13). The van der Waals surface area contributed by atoms with Gasteiger partial charge in [0.1, 0.15) is 17.2 Å². The lowest BCUT2D eigenvalue weighted by Gasteiger charge is -2.12. The molecule has 0 amide bonds. The van der Waals surface area contributed by atoms with Gasteiger partial charge in [-0.3, -0.25) is 0 Å². The van der Waals surface area contributed by atoms with Crippen molar-refractivity contribution in [1.29, 1.82) is 0 Å². The Balaban J connectivity index is 2.01. The summed E-state index contributed by atoms with van der Waals surface area (Å²) in [6.07, 6.45) is 4.30. The molecule has 2 atom stereocenters. The Labute approximate surface area is 92.7 Å². The summed E-state index contributed by atoms with van der Waals surface area (Å²) >= 11 is 7.93. The lowest BCUT2D eigenvalue weighted by molar-refractivity contribution is 0.742. The van der Waals surface area contributed by atoms with E-state index in [4.69, 9.17) is 11.6 Å². The van der Waals surface area contributed by atoms with Gasteiger partial charge in [-0.25, -0.2) is 9.97 Å². The molecule has 76 valence electrons. The molecule has 0 aromatic carbocycles. The number of thioether (sulfide) groups is 1. The molecule has 0 spiro atoms. The van der Waals surface area contributed by atoms with E-state index >= 15 is 0 Å². The molecule has 0 aliphatic carbocycles. The number of halogens is 1. The van der Waals surface area contributed by atoms with Gasteiger partial charge < -0.3 is 5.32 Å². The SMILES string of the molecule is CC1CC(Nc2ncncc2Cl)CS1. The number of hydrogen-bond donors (Lipinski definition) is 1. The van der Waals surface area contributed by atoms with Crippen molar-refractivity contribution in [2.75, 3.05) is 11.1 Å². The number of nitrogens with one attached hydrogen (secondary N) is 1. The van der Waals surface area contributed by atoms with Crippen LogP contribution in [-0.2, 0) is 0 Å². The molecule has 1 aromatic rings. The highest BCUT2D eigenvalue weighted by Crippen LogP contribution is 2.29. The highest BCUT2D eigenvalue weighted by Gasteiger charge is 2.22.